The van der Waals surface area contributed by atoms with Crippen molar-refractivity contribution in [3.05, 3.63) is 30.3 Å². The maximum absolute atomic E-state index is 11.3. The van der Waals surface area contributed by atoms with Crippen LogP contribution in [0.2, 0.25) is 6.32 Å². The number of amides is 1. The maximum atomic E-state index is 11.3. The molecule has 5 heteroatoms. The largest absolute Gasteiger partial charge is 0.412 e. The van der Waals surface area contributed by atoms with E-state index in [1.165, 1.54) is 0 Å². The summed E-state index contributed by atoms with van der Waals surface area (Å²) in [6.07, 6.45) is 0.819. The highest BCUT2D eigenvalue weighted by molar-refractivity contribution is 6.99. The van der Waals surface area contributed by atoms with E-state index in [0.717, 1.165) is 11.8 Å². The highest BCUT2D eigenvalue weighted by Crippen LogP contribution is 2.06. The molecule has 1 amide bonds. The summed E-state index contributed by atoms with van der Waals surface area (Å²) < 4.78 is 0. The molecular formula is C11H20BNO3. The third kappa shape index (κ3) is 4.95. The van der Waals surface area contributed by atoms with Crippen LogP contribution in [-0.2, 0) is 0 Å². The van der Waals surface area contributed by atoms with Crippen LogP contribution in [-0.4, -0.2) is 23.5 Å². The molecule has 6 N–H and O–H groups in total. The summed E-state index contributed by atoms with van der Waals surface area (Å²) in [7, 11) is 0. The number of benzene rings is 1. The predicted octanol–water partition coefficient (Wildman–Crippen LogP) is 0.0554. The zero-order valence-corrected chi connectivity index (χ0v) is 9.73. The zero-order chi connectivity index (χ0) is 10.6. The molecule has 0 saturated carbocycles. The second kappa shape index (κ2) is 7.90. The van der Waals surface area contributed by atoms with Crippen molar-refractivity contribution in [2.45, 2.75) is 20.2 Å². The normalized spacial score (nSPS) is 8.94. The van der Waals surface area contributed by atoms with Gasteiger partial charge in [0.1, 0.15) is 0 Å². The molecule has 0 spiro atoms. The van der Waals surface area contributed by atoms with Crippen LogP contribution in [0, 0.1) is 5.92 Å². The number of primary amides is 1. The number of nitrogens with two attached hydrogens (primary N) is 1. The molecule has 4 nitrogen and oxygen atoms in total. The maximum Gasteiger partial charge on any atom is 0.284 e. The first kappa shape index (κ1) is 17.1. The van der Waals surface area contributed by atoms with Crippen molar-refractivity contribution in [1.82, 2.24) is 0 Å². The monoisotopic (exact) mass is 225 g/mol. The molecule has 0 aromatic heterocycles. The van der Waals surface area contributed by atoms with E-state index in [1.807, 2.05) is 30.3 Å². The number of hydrogen-bond acceptors (Lipinski definition) is 1. The van der Waals surface area contributed by atoms with Crippen molar-refractivity contribution >= 4 is 18.0 Å². The van der Waals surface area contributed by atoms with Crippen molar-refractivity contribution < 1.29 is 15.7 Å². The quantitative estimate of drug-likeness (QED) is 0.718. The summed E-state index contributed by atoms with van der Waals surface area (Å²) in [5.74, 6) is 0.248. The first-order chi connectivity index (χ1) is 6.61. The molecule has 0 bridgehead atoms. The van der Waals surface area contributed by atoms with E-state index in [2.05, 4.69) is 13.8 Å². The lowest BCUT2D eigenvalue weighted by Gasteiger charge is -2.12. The van der Waals surface area contributed by atoms with Gasteiger partial charge in [-0.15, -0.1) is 0 Å². The summed E-state index contributed by atoms with van der Waals surface area (Å²) in [4.78, 5) is 11.3. The average Bonchev–Trinajstić information content (AvgIpc) is 2.15. The first-order valence-electron chi connectivity index (χ1n) is 4.95. The van der Waals surface area contributed by atoms with Crippen molar-refractivity contribution in [1.29, 1.82) is 0 Å². The Morgan fingerprint density at radius 1 is 1.25 bits per heavy atom. The summed E-state index contributed by atoms with van der Waals surface area (Å²) >= 11 is 0. The van der Waals surface area contributed by atoms with Crippen LogP contribution < -0.4 is 11.2 Å². The lowest BCUT2D eigenvalue weighted by Crippen LogP contribution is -2.43. The molecule has 0 aliphatic heterocycles. The van der Waals surface area contributed by atoms with E-state index in [-0.39, 0.29) is 23.5 Å². The molecule has 0 fully saturated rings. The molecule has 90 valence electrons. The van der Waals surface area contributed by atoms with Gasteiger partial charge in [-0.1, -0.05) is 61.9 Å². The number of hydrogen-bond donors (Lipinski definition) is 1. The summed E-state index contributed by atoms with van der Waals surface area (Å²) in [6, 6.07) is 9.73. The molecular weight excluding hydrogens is 205 g/mol. The molecule has 0 aliphatic carbocycles. The van der Waals surface area contributed by atoms with Gasteiger partial charge in [-0.2, -0.15) is 0 Å². The topological polar surface area (TPSA) is 106 Å². The van der Waals surface area contributed by atoms with Crippen molar-refractivity contribution in [3.8, 4) is 0 Å². The minimum absolute atomic E-state index is 0. The van der Waals surface area contributed by atoms with Crippen LogP contribution in [0.15, 0.2) is 30.3 Å². The summed E-state index contributed by atoms with van der Waals surface area (Å²) in [5.41, 5.74) is 6.40. The minimum atomic E-state index is -0.232. The number of carbonyl (C=O) groups excluding carboxylic acids is 1. The summed E-state index contributed by atoms with van der Waals surface area (Å²) in [6.45, 7) is 4.05. The smallest absolute Gasteiger partial charge is 0.284 e. The fraction of sp³-hybridized carbons (Fsp3) is 0.364. The SMILES string of the molecule is CC(C)CB(C(N)=O)c1ccccc1.O.O. The van der Waals surface area contributed by atoms with Gasteiger partial charge >= 0.3 is 0 Å². The van der Waals surface area contributed by atoms with Crippen molar-refractivity contribution in [2.24, 2.45) is 11.7 Å². The Morgan fingerprint density at radius 3 is 2.12 bits per heavy atom. The van der Waals surface area contributed by atoms with E-state index >= 15 is 0 Å². The second-order valence-electron chi connectivity index (χ2n) is 4.00. The molecule has 0 radical (unpaired) electrons. The molecule has 0 atom stereocenters. The van der Waals surface area contributed by atoms with Gasteiger partial charge in [-0.3, -0.25) is 4.79 Å². The van der Waals surface area contributed by atoms with E-state index in [0.29, 0.717) is 5.92 Å². The third-order valence-electron chi connectivity index (χ3n) is 2.25. The first-order valence-corrected chi connectivity index (χ1v) is 4.95. The molecule has 0 saturated heterocycles. The Balaban J connectivity index is 0. The molecule has 1 aromatic rings. The Labute approximate surface area is 96.5 Å². The highest BCUT2D eigenvalue weighted by atomic mass is 16.1. The minimum Gasteiger partial charge on any atom is -0.412 e. The Morgan fingerprint density at radius 2 is 1.75 bits per heavy atom. The van der Waals surface area contributed by atoms with Crippen LogP contribution in [0.3, 0.4) is 0 Å². The van der Waals surface area contributed by atoms with Crippen LogP contribution in [0.25, 0.3) is 0 Å². The Bertz CT molecular complexity index is 303. The van der Waals surface area contributed by atoms with Gasteiger partial charge in [0.25, 0.3) is 6.71 Å². The van der Waals surface area contributed by atoms with Gasteiger partial charge in [-0.05, 0) is 0 Å². The molecule has 16 heavy (non-hydrogen) atoms. The summed E-state index contributed by atoms with van der Waals surface area (Å²) in [5, 5.41) is 0. The fourth-order valence-electron chi connectivity index (χ4n) is 1.57. The van der Waals surface area contributed by atoms with Crippen molar-refractivity contribution in [2.75, 3.05) is 0 Å². The Kier molecular flexibility index (Phi) is 8.44. The van der Waals surface area contributed by atoms with Crippen LogP contribution in [0.4, 0.5) is 4.79 Å². The third-order valence-corrected chi connectivity index (χ3v) is 2.25. The molecule has 0 aliphatic rings. The van der Waals surface area contributed by atoms with Crippen LogP contribution in [0.5, 0.6) is 0 Å². The fourth-order valence-corrected chi connectivity index (χ4v) is 1.57. The van der Waals surface area contributed by atoms with E-state index < -0.39 is 0 Å². The van der Waals surface area contributed by atoms with Crippen LogP contribution >= 0.6 is 0 Å². The van der Waals surface area contributed by atoms with Crippen LogP contribution in [0.1, 0.15) is 13.8 Å². The number of rotatable bonds is 4. The van der Waals surface area contributed by atoms with Crippen molar-refractivity contribution in [3.63, 3.8) is 0 Å². The van der Waals surface area contributed by atoms with E-state index in [9.17, 15) is 4.79 Å². The standard InChI is InChI=1S/C11H16BNO.2H2O/c1-9(2)8-12(11(13)14)10-6-4-3-5-7-10;;/h3-7,9H,8H2,1-2H3,(H2,13,14);2*1H2. The van der Waals surface area contributed by atoms with E-state index in [1.54, 1.807) is 0 Å². The van der Waals surface area contributed by atoms with E-state index in [4.69, 9.17) is 5.73 Å². The van der Waals surface area contributed by atoms with Gasteiger partial charge < -0.3 is 16.7 Å². The highest BCUT2D eigenvalue weighted by Gasteiger charge is 2.23. The molecule has 0 heterocycles. The average molecular weight is 225 g/mol. The molecule has 0 unspecified atom stereocenters. The van der Waals surface area contributed by atoms with Gasteiger partial charge in [0.05, 0.1) is 0 Å². The van der Waals surface area contributed by atoms with Gasteiger partial charge in [0.2, 0.25) is 0 Å². The zero-order valence-electron chi connectivity index (χ0n) is 9.73. The lowest BCUT2D eigenvalue weighted by atomic mass is 9.40. The van der Waals surface area contributed by atoms with Gasteiger partial charge in [0, 0.05) is 0 Å². The molecule has 1 rings (SSSR count). The van der Waals surface area contributed by atoms with Gasteiger partial charge in [0.15, 0.2) is 5.81 Å². The second-order valence-corrected chi connectivity index (χ2v) is 4.00. The molecule has 1 aromatic carbocycles. The lowest BCUT2D eigenvalue weighted by molar-refractivity contribution is 0.265. The predicted molar refractivity (Wildman–Crippen MR) is 68.3 cm³/mol. The Hall–Kier alpha value is -1.33. The van der Waals surface area contributed by atoms with Gasteiger partial charge in [-0.25, -0.2) is 0 Å². The number of carbonyl (C=O) groups is 1.